The Bertz CT molecular complexity index is 287. The van der Waals surface area contributed by atoms with E-state index in [4.69, 9.17) is 4.74 Å². The van der Waals surface area contributed by atoms with Gasteiger partial charge in [-0.2, -0.15) is 0 Å². The van der Waals surface area contributed by atoms with E-state index in [9.17, 15) is 9.59 Å². The Morgan fingerprint density at radius 2 is 2.00 bits per heavy atom. The van der Waals surface area contributed by atoms with E-state index in [2.05, 4.69) is 5.32 Å². The van der Waals surface area contributed by atoms with Crippen molar-refractivity contribution in [3.63, 3.8) is 0 Å². The summed E-state index contributed by atoms with van der Waals surface area (Å²) in [5.41, 5.74) is 0. The van der Waals surface area contributed by atoms with Gasteiger partial charge >= 0.3 is 0 Å². The summed E-state index contributed by atoms with van der Waals surface area (Å²) < 4.78 is 5.28. The zero-order valence-corrected chi connectivity index (χ0v) is 9.57. The van der Waals surface area contributed by atoms with Crippen molar-refractivity contribution >= 4 is 11.8 Å². The van der Waals surface area contributed by atoms with Gasteiger partial charge in [0, 0.05) is 32.2 Å². The summed E-state index contributed by atoms with van der Waals surface area (Å²) in [6.07, 6.45) is 2.17. The first-order chi connectivity index (χ1) is 7.68. The fourth-order valence-corrected chi connectivity index (χ4v) is 2.32. The molecule has 0 radical (unpaired) electrons. The number of nitrogens with zero attached hydrogens (tertiary/aromatic N) is 1. The molecule has 0 spiro atoms. The number of carbonyl (C=O) groups excluding carboxylic acids is 2. The average molecular weight is 226 g/mol. The van der Waals surface area contributed by atoms with Gasteiger partial charge in [0.25, 0.3) is 0 Å². The van der Waals surface area contributed by atoms with Gasteiger partial charge in [-0.3, -0.25) is 9.59 Å². The largest absolute Gasteiger partial charge is 0.381 e. The third kappa shape index (κ3) is 2.35. The molecule has 0 bridgehead atoms. The van der Waals surface area contributed by atoms with Crippen LogP contribution >= 0.6 is 0 Å². The topological polar surface area (TPSA) is 58.6 Å². The second-order valence-corrected chi connectivity index (χ2v) is 4.41. The highest BCUT2D eigenvalue weighted by Gasteiger charge is 2.32. The third-order valence-corrected chi connectivity index (χ3v) is 3.24. The number of amides is 2. The van der Waals surface area contributed by atoms with E-state index in [0.717, 1.165) is 12.8 Å². The molecule has 2 fully saturated rings. The van der Waals surface area contributed by atoms with E-state index in [-0.39, 0.29) is 17.9 Å². The molecule has 0 aromatic carbocycles. The van der Waals surface area contributed by atoms with Crippen LogP contribution in [0.2, 0.25) is 0 Å². The van der Waals surface area contributed by atoms with Crippen molar-refractivity contribution in [2.75, 3.05) is 19.8 Å². The molecule has 2 amide bonds. The van der Waals surface area contributed by atoms with Crippen LogP contribution in [-0.4, -0.2) is 48.6 Å². The lowest BCUT2D eigenvalue weighted by atomic mass is 10.1. The second-order valence-electron chi connectivity index (χ2n) is 4.41. The predicted molar refractivity (Wildman–Crippen MR) is 57.8 cm³/mol. The number of carbonyl (C=O) groups is 2. The van der Waals surface area contributed by atoms with Crippen LogP contribution < -0.4 is 5.32 Å². The van der Waals surface area contributed by atoms with E-state index < -0.39 is 6.04 Å². The summed E-state index contributed by atoms with van der Waals surface area (Å²) >= 11 is 0. The molecular weight excluding hydrogens is 208 g/mol. The van der Waals surface area contributed by atoms with Crippen molar-refractivity contribution in [1.29, 1.82) is 0 Å². The predicted octanol–water partition coefficient (Wildman–Crippen LogP) is -0.0976. The highest BCUT2D eigenvalue weighted by atomic mass is 16.5. The summed E-state index contributed by atoms with van der Waals surface area (Å²) in [5, 5.41) is 2.70. The second kappa shape index (κ2) is 4.82. The quantitative estimate of drug-likeness (QED) is 0.679. The maximum Gasteiger partial charge on any atom is 0.245 e. The fourth-order valence-electron chi connectivity index (χ4n) is 2.32. The SMILES string of the molecule is CC1NC(=O)CCN(C2CCOCC2)C1=O. The van der Waals surface area contributed by atoms with Gasteiger partial charge in [-0.1, -0.05) is 0 Å². The van der Waals surface area contributed by atoms with E-state index in [1.165, 1.54) is 0 Å². The van der Waals surface area contributed by atoms with Crippen molar-refractivity contribution in [2.45, 2.75) is 38.3 Å². The Morgan fingerprint density at radius 3 is 2.69 bits per heavy atom. The summed E-state index contributed by atoms with van der Waals surface area (Å²) in [5.74, 6) is 0.00756. The molecule has 1 atom stereocenters. The summed E-state index contributed by atoms with van der Waals surface area (Å²) in [6.45, 7) is 3.71. The Kier molecular flexibility index (Phi) is 3.43. The number of hydrogen-bond donors (Lipinski definition) is 1. The molecule has 0 aromatic heterocycles. The smallest absolute Gasteiger partial charge is 0.245 e. The number of rotatable bonds is 1. The maximum absolute atomic E-state index is 12.1. The first kappa shape index (κ1) is 11.4. The van der Waals surface area contributed by atoms with Gasteiger partial charge in [-0.15, -0.1) is 0 Å². The Labute approximate surface area is 95.1 Å². The van der Waals surface area contributed by atoms with Gasteiger partial charge in [0.1, 0.15) is 6.04 Å². The van der Waals surface area contributed by atoms with Crippen LogP contribution in [0.1, 0.15) is 26.2 Å². The molecule has 2 aliphatic rings. The zero-order valence-electron chi connectivity index (χ0n) is 9.57. The van der Waals surface area contributed by atoms with Crippen molar-refractivity contribution in [1.82, 2.24) is 10.2 Å². The average Bonchev–Trinajstić information content (AvgIpc) is 2.41. The van der Waals surface area contributed by atoms with Gasteiger partial charge < -0.3 is 15.0 Å². The monoisotopic (exact) mass is 226 g/mol. The molecule has 2 aliphatic heterocycles. The molecule has 0 aliphatic carbocycles. The summed E-state index contributed by atoms with van der Waals surface area (Å²) in [6, 6.07) is -0.144. The molecule has 2 rings (SSSR count). The normalized spacial score (nSPS) is 28.8. The maximum atomic E-state index is 12.1. The molecule has 1 N–H and O–H groups in total. The first-order valence-electron chi connectivity index (χ1n) is 5.86. The Morgan fingerprint density at radius 1 is 1.31 bits per heavy atom. The van der Waals surface area contributed by atoms with Crippen LogP contribution in [-0.2, 0) is 14.3 Å². The van der Waals surface area contributed by atoms with Crippen molar-refractivity contribution in [3.8, 4) is 0 Å². The molecule has 0 saturated carbocycles. The van der Waals surface area contributed by atoms with E-state index in [1.54, 1.807) is 6.92 Å². The molecule has 2 heterocycles. The van der Waals surface area contributed by atoms with Gasteiger partial charge in [-0.05, 0) is 19.8 Å². The minimum atomic E-state index is -0.391. The number of ether oxygens (including phenoxy) is 1. The van der Waals surface area contributed by atoms with Crippen molar-refractivity contribution in [3.05, 3.63) is 0 Å². The van der Waals surface area contributed by atoms with Crippen LogP contribution in [0.15, 0.2) is 0 Å². The van der Waals surface area contributed by atoms with Crippen molar-refractivity contribution < 1.29 is 14.3 Å². The van der Waals surface area contributed by atoms with Crippen LogP contribution in [0.4, 0.5) is 0 Å². The van der Waals surface area contributed by atoms with Crippen molar-refractivity contribution in [2.24, 2.45) is 0 Å². The zero-order chi connectivity index (χ0) is 11.5. The highest BCUT2D eigenvalue weighted by Crippen LogP contribution is 2.17. The lowest BCUT2D eigenvalue weighted by Crippen LogP contribution is -2.48. The molecule has 5 nitrogen and oxygen atoms in total. The molecule has 2 saturated heterocycles. The molecule has 1 unspecified atom stereocenters. The molecule has 16 heavy (non-hydrogen) atoms. The number of nitrogens with one attached hydrogen (secondary N) is 1. The fraction of sp³-hybridized carbons (Fsp3) is 0.818. The Balaban J connectivity index is 2.06. The van der Waals surface area contributed by atoms with Gasteiger partial charge in [0.15, 0.2) is 0 Å². The third-order valence-electron chi connectivity index (χ3n) is 3.24. The summed E-state index contributed by atoms with van der Waals surface area (Å²) in [4.78, 5) is 25.3. The van der Waals surface area contributed by atoms with Gasteiger partial charge in [0.05, 0.1) is 0 Å². The first-order valence-corrected chi connectivity index (χ1v) is 5.86. The molecule has 0 aromatic rings. The van der Waals surface area contributed by atoms with Crippen LogP contribution in [0.5, 0.6) is 0 Å². The lowest BCUT2D eigenvalue weighted by Gasteiger charge is -2.34. The number of hydrogen-bond acceptors (Lipinski definition) is 3. The van der Waals surface area contributed by atoms with Gasteiger partial charge in [0.2, 0.25) is 11.8 Å². The highest BCUT2D eigenvalue weighted by molar-refractivity contribution is 5.89. The van der Waals surface area contributed by atoms with E-state index >= 15 is 0 Å². The Hall–Kier alpha value is -1.10. The van der Waals surface area contributed by atoms with E-state index in [1.807, 2.05) is 4.90 Å². The van der Waals surface area contributed by atoms with E-state index in [0.29, 0.717) is 26.2 Å². The van der Waals surface area contributed by atoms with Crippen LogP contribution in [0.25, 0.3) is 0 Å². The minimum absolute atomic E-state index is 0.0320. The minimum Gasteiger partial charge on any atom is -0.381 e. The summed E-state index contributed by atoms with van der Waals surface area (Å²) in [7, 11) is 0. The van der Waals surface area contributed by atoms with Crippen LogP contribution in [0, 0.1) is 0 Å². The van der Waals surface area contributed by atoms with Gasteiger partial charge in [-0.25, -0.2) is 0 Å². The molecular formula is C11H18N2O3. The molecule has 90 valence electrons. The van der Waals surface area contributed by atoms with Crippen LogP contribution in [0.3, 0.4) is 0 Å². The lowest BCUT2D eigenvalue weighted by molar-refractivity contribution is -0.136. The standard InChI is InChI=1S/C11H18N2O3/c1-8-11(15)13(5-2-10(14)12-8)9-3-6-16-7-4-9/h8-9H,2-7H2,1H3,(H,12,14). The molecule has 5 heteroatoms.